The minimum atomic E-state index is 0.895. The van der Waals surface area contributed by atoms with Crippen LogP contribution < -0.4 is 5.32 Å². The zero-order valence-corrected chi connectivity index (χ0v) is 15.1. The van der Waals surface area contributed by atoms with E-state index in [9.17, 15) is 0 Å². The van der Waals surface area contributed by atoms with Crippen molar-refractivity contribution in [2.75, 3.05) is 59.9 Å². The molecule has 1 aromatic rings. The Morgan fingerprint density at radius 1 is 1.17 bits per heavy atom. The van der Waals surface area contributed by atoms with Crippen LogP contribution in [0.1, 0.15) is 5.56 Å². The molecule has 4 nitrogen and oxygen atoms in total. The summed E-state index contributed by atoms with van der Waals surface area (Å²) >= 11 is 5.48. The predicted molar refractivity (Wildman–Crippen MR) is 103 cm³/mol. The molecule has 1 aromatic carbocycles. The second kappa shape index (κ2) is 9.65. The van der Waals surface area contributed by atoms with E-state index in [1.54, 1.807) is 0 Å². The zero-order chi connectivity index (χ0) is 16.5. The Morgan fingerprint density at radius 3 is 2.52 bits per heavy atom. The fourth-order valence-electron chi connectivity index (χ4n) is 2.53. The molecule has 0 radical (unpaired) electrons. The molecular formula is C18H28N4S. The van der Waals surface area contributed by atoms with Crippen molar-refractivity contribution in [2.45, 2.75) is 0 Å². The molecule has 1 aliphatic rings. The molecule has 0 spiro atoms. The molecule has 2 rings (SSSR count). The average Bonchev–Trinajstić information content (AvgIpc) is 2.56. The quantitative estimate of drug-likeness (QED) is 0.799. The molecule has 0 aromatic heterocycles. The average molecular weight is 333 g/mol. The third-order valence-corrected chi connectivity index (χ3v) is 4.37. The Morgan fingerprint density at radius 2 is 1.87 bits per heavy atom. The minimum Gasteiger partial charge on any atom is -0.361 e. The standard InChI is InChI=1S/C18H28N4S/c1-20(2)12-10-19-18(23)22-15-13-21(14-16-22)11-6-9-17-7-4-3-5-8-17/h3-9H,10-16H2,1-2H3,(H,19,23)/b9-6+. The van der Waals surface area contributed by atoms with Gasteiger partial charge in [-0.3, -0.25) is 4.90 Å². The van der Waals surface area contributed by atoms with Gasteiger partial charge >= 0.3 is 0 Å². The number of piperazine rings is 1. The Balaban J connectivity index is 1.65. The minimum absolute atomic E-state index is 0.895. The fraction of sp³-hybridized carbons (Fsp3) is 0.500. The van der Waals surface area contributed by atoms with Crippen molar-refractivity contribution in [1.29, 1.82) is 0 Å². The van der Waals surface area contributed by atoms with Crippen molar-refractivity contribution in [1.82, 2.24) is 20.0 Å². The summed E-state index contributed by atoms with van der Waals surface area (Å²) in [6.07, 6.45) is 4.44. The maximum absolute atomic E-state index is 5.48. The lowest BCUT2D eigenvalue weighted by Gasteiger charge is -2.35. The molecule has 0 unspecified atom stereocenters. The third-order valence-electron chi connectivity index (χ3n) is 3.97. The summed E-state index contributed by atoms with van der Waals surface area (Å²) in [6, 6.07) is 10.5. The first-order valence-corrected chi connectivity index (χ1v) is 8.67. The second-order valence-electron chi connectivity index (χ2n) is 6.14. The van der Waals surface area contributed by atoms with E-state index in [1.807, 2.05) is 6.07 Å². The van der Waals surface area contributed by atoms with Crippen LogP contribution in [-0.4, -0.2) is 79.7 Å². The van der Waals surface area contributed by atoms with Crippen molar-refractivity contribution >= 4 is 23.4 Å². The van der Waals surface area contributed by atoms with Crippen LogP contribution in [0.5, 0.6) is 0 Å². The van der Waals surface area contributed by atoms with Gasteiger partial charge in [-0.2, -0.15) is 0 Å². The maximum atomic E-state index is 5.48. The molecule has 0 saturated carbocycles. The Labute approximate surface area is 145 Å². The number of nitrogens with one attached hydrogen (secondary N) is 1. The summed E-state index contributed by atoms with van der Waals surface area (Å²) in [5.41, 5.74) is 1.26. The lowest BCUT2D eigenvalue weighted by atomic mass is 10.2. The number of benzene rings is 1. The molecule has 0 bridgehead atoms. The van der Waals surface area contributed by atoms with Crippen LogP contribution >= 0.6 is 12.2 Å². The topological polar surface area (TPSA) is 21.8 Å². The van der Waals surface area contributed by atoms with Crippen LogP contribution in [0.15, 0.2) is 36.4 Å². The predicted octanol–water partition coefficient (Wildman–Crippen LogP) is 1.75. The van der Waals surface area contributed by atoms with Gasteiger partial charge in [0.1, 0.15) is 0 Å². The van der Waals surface area contributed by atoms with E-state index in [0.717, 1.165) is 50.9 Å². The Hall–Kier alpha value is -1.43. The van der Waals surface area contributed by atoms with Gasteiger partial charge in [0, 0.05) is 45.8 Å². The van der Waals surface area contributed by atoms with Gasteiger partial charge in [0.2, 0.25) is 0 Å². The monoisotopic (exact) mass is 332 g/mol. The van der Waals surface area contributed by atoms with Crippen LogP contribution in [0.25, 0.3) is 6.08 Å². The second-order valence-corrected chi connectivity index (χ2v) is 6.52. The molecule has 0 aliphatic carbocycles. The van der Waals surface area contributed by atoms with Crippen LogP contribution in [0.2, 0.25) is 0 Å². The number of rotatable bonds is 6. The molecule has 1 fully saturated rings. The summed E-state index contributed by atoms with van der Waals surface area (Å²) in [5.74, 6) is 0. The molecule has 126 valence electrons. The lowest BCUT2D eigenvalue weighted by molar-refractivity contribution is 0.196. The highest BCUT2D eigenvalue weighted by Gasteiger charge is 2.17. The molecule has 1 N–H and O–H groups in total. The van der Waals surface area contributed by atoms with Gasteiger partial charge in [0.05, 0.1) is 0 Å². The highest BCUT2D eigenvalue weighted by atomic mass is 32.1. The number of nitrogens with zero attached hydrogens (tertiary/aromatic N) is 3. The van der Waals surface area contributed by atoms with Gasteiger partial charge in [-0.25, -0.2) is 0 Å². The maximum Gasteiger partial charge on any atom is 0.169 e. The van der Waals surface area contributed by atoms with Crippen molar-refractivity contribution < 1.29 is 0 Å². The highest BCUT2D eigenvalue weighted by molar-refractivity contribution is 7.80. The van der Waals surface area contributed by atoms with Gasteiger partial charge in [-0.15, -0.1) is 0 Å². The number of hydrogen-bond donors (Lipinski definition) is 1. The molecule has 5 heteroatoms. The fourth-order valence-corrected chi connectivity index (χ4v) is 2.82. The van der Waals surface area contributed by atoms with Crippen LogP contribution in [0, 0.1) is 0 Å². The summed E-state index contributed by atoms with van der Waals surface area (Å²) in [5, 5.41) is 4.24. The molecule has 23 heavy (non-hydrogen) atoms. The van der Waals surface area contributed by atoms with Gasteiger partial charge in [0.15, 0.2) is 5.11 Å². The van der Waals surface area contributed by atoms with Crippen molar-refractivity contribution in [3.8, 4) is 0 Å². The summed E-state index contributed by atoms with van der Waals surface area (Å²) < 4.78 is 0. The van der Waals surface area contributed by atoms with Crippen molar-refractivity contribution in [3.63, 3.8) is 0 Å². The molecule has 0 amide bonds. The van der Waals surface area contributed by atoms with E-state index < -0.39 is 0 Å². The van der Waals surface area contributed by atoms with Gasteiger partial charge in [0.25, 0.3) is 0 Å². The lowest BCUT2D eigenvalue weighted by Crippen LogP contribution is -2.52. The molecule has 1 aliphatic heterocycles. The first-order valence-electron chi connectivity index (χ1n) is 8.26. The number of likely N-dealkylation sites (N-methyl/N-ethyl adjacent to an activating group) is 1. The van der Waals surface area contributed by atoms with E-state index >= 15 is 0 Å². The van der Waals surface area contributed by atoms with Gasteiger partial charge < -0.3 is 15.1 Å². The molecule has 1 heterocycles. The van der Waals surface area contributed by atoms with Crippen molar-refractivity contribution in [3.05, 3.63) is 42.0 Å². The summed E-state index contributed by atoms with van der Waals surface area (Å²) in [4.78, 5) is 6.91. The normalized spacial score (nSPS) is 16.2. The van der Waals surface area contributed by atoms with Gasteiger partial charge in [-0.05, 0) is 31.9 Å². The molecular weight excluding hydrogens is 304 g/mol. The van der Waals surface area contributed by atoms with E-state index in [0.29, 0.717) is 0 Å². The summed E-state index contributed by atoms with van der Waals surface area (Å²) in [6.45, 7) is 7.06. The van der Waals surface area contributed by atoms with E-state index in [1.165, 1.54) is 5.56 Å². The number of thiocarbonyl (C=S) groups is 1. The SMILES string of the molecule is CN(C)CCNC(=S)N1CCN(C/C=C/c2ccccc2)CC1. The van der Waals surface area contributed by atoms with Gasteiger partial charge in [-0.1, -0.05) is 42.5 Å². The molecule has 1 saturated heterocycles. The first-order chi connectivity index (χ1) is 11.1. The van der Waals surface area contributed by atoms with E-state index in [2.05, 4.69) is 70.5 Å². The zero-order valence-electron chi connectivity index (χ0n) is 14.2. The third kappa shape index (κ3) is 6.69. The largest absolute Gasteiger partial charge is 0.361 e. The smallest absolute Gasteiger partial charge is 0.169 e. The van der Waals surface area contributed by atoms with Crippen LogP contribution in [0.3, 0.4) is 0 Å². The van der Waals surface area contributed by atoms with E-state index in [4.69, 9.17) is 12.2 Å². The Kier molecular flexibility index (Phi) is 7.52. The van der Waals surface area contributed by atoms with Crippen LogP contribution in [-0.2, 0) is 0 Å². The van der Waals surface area contributed by atoms with Crippen LogP contribution in [0.4, 0.5) is 0 Å². The number of hydrogen-bond acceptors (Lipinski definition) is 3. The Bertz CT molecular complexity index is 493. The van der Waals surface area contributed by atoms with Crippen molar-refractivity contribution in [2.24, 2.45) is 0 Å². The molecule has 0 atom stereocenters. The summed E-state index contributed by atoms with van der Waals surface area (Å²) in [7, 11) is 4.15. The highest BCUT2D eigenvalue weighted by Crippen LogP contribution is 2.05. The van der Waals surface area contributed by atoms with E-state index in [-0.39, 0.29) is 0 Å². The first kappa shape index (κ1) is 17.9.